The van der Waals surface area contributed by atoms with Crippen molar-refractivity contribution in [3.05, 3.63) is 35.6 Å². The highest BCUT2D eigenvalue weighted by molar-refractivity contribution is 6.61. The lowest BCUT2D eigenvalue weighted by Gasteiger charge is -2.14. The molecule has 1 aromatic carbocycles. The smallest absolute Gasteiger partial charge is 0.538 e. The maximum atomic E-state index is 10.7. The highest BCUT2D eigenvalue weighted by atomic mass is 16.5. The van der Waals surface area contributed by atoms with Crippen LogP contribution in [0.3, 0.4) is 0 Å². The highest BCUT2D eigenvalue weighted by Crippen LogP contribution is 2.09. The monoisotopic (exact) mass is 190 g/mol. The summed E-state index contributed by atoms with van der Waals surface area (Å²) < 4.78 is 4.82. The minimum absolute atomic E-state index is 0.140. The molecule has 0 radical (unpaired) electrons. The molecule has 0 bridgehead atoms. The summed E-state index contributed by atoms with van der Waals surface area (Å²) in [6, 6.07) is 4.54. The van der Waals surface area contributed by atoms with E-state index in [-0.39, 0.29) is 5.56 Å². The molecule has 14 heavy (non-hydrogen) atoms. The van der Waals surface area contributed by atoms with E-state index in [4.69, 9.17) is 9.76 Å². The second-order valence-corrected chi connectivity index (χ2v) is 2.94. The number of aromatic carboxylic acids is 1. The molecule has 70 valence electrons. The number of hydrogen-bond donors (Lipinski definition) is 2. The van der Waals surface area contributed by atoms with Gasteiger partial charge >= 0.3 is 13.1 Å². The first-order chi connectivity index (χ1) is 6.68. The van der Waals surface area contributed by atoms with Crippen molar-refractivity contribution in [2.45, 2.75) is 0 Å². The van der Waals surface area contributed by atoms with Crippen molar-refractivity contribution in [3.8, 4) is 0 Å². The molecule has 0 saturated heterocycles. The molecule has 0 aromatic heterocycles. The Morgan fingerprint density at radius 3 is 2.93 bits per heavy atom. The van der Waals surface area contributed by atoms with Gasteiger partial charge in [-0.3, -0.25) is 0 Å². The van der Waals surface area contributed by atoms with Crippen molar-refractivity contribution in [2.24, 2.45) is 0 Å². The Morgan fingerprint density at radius 1 is 1.43 bits per heavy atom. The summed E-state index contributed by atoms with van der Waals surface area (Å²) in [4.78, 5) is 10.7. The summed E-state index contributed by atoms with van der Waals surface area (Å²) in [5.41, 5.74) is 1.39. The Labute approximate surface area is 80.6 Å². The fraction of sp³-hybridized carbons (Fsp3) is 0. The van der Waals surface area contributed by atoms with E-state index < -0.39 is 13.1 Å². The van der Waals surface area contributed by atoms with Gasteiger partial charge in [0.25, 0.3) is 0 Å². The third kappa shape index (κ3) is 1.38. The maximum absolute atomic E-state index is 10.7. The summed E-state index contributed by atoms with van der Waals surface area (Å²) in [7, 11) is -1.07. The van der Waals surface area contributed by atoms with Crippen LogP contribution in [0.1, 0.15) is 15.9 Å². The van der Waals surface area contributed by atoms with Gasteiger partial charge in [-0.1, -0.05) is 6.07 Å². The van der Waals surface area contributed by atoms with Crippen LogP contribution in [0.2, 0.25) is 0 Å². The van der Waals surface area contributed by atoms with E-state index in [2.05, 4.69) is 0 Å². The number of carboxylic acid groups (broad SMARTS) is 1. The lowest BCUT2D eigenvalue weighted by atomic mass is 9.74. The molecule has 1 aromatic rings. The number of benzene rings is 1. The number of carboxylic acids is 1. The zero-order valence-electron chi connectivity index (χ0n) is 7.18. The molecule has 1 aliphatic heterocycles. The predicted molar refractivity (Wildman–Crippen MR) is 51.1 cm³/mol. The second-order valence-electron chi connectivity index (χ2n) is 2.94. The molecule has 2 N–H and O–H groups in total. The van der Waals surface area contributed by atoms with Gasteiger partial charge in [-0.05, 0) is 23.8 Å². The van der Waals surface area contributed by atoms with Crippen LogP contribution in [0.5, 0.6) is 0 Å². The molecule has 4 nitrogen and oxygen atoms in total. The Hall–Kier alpha value is -1.75. The molecule has 1 aliphatic rings. The predicted octanol–water partition coefficient (Wildman–Crippen LogP) is 0.0732. The highest BCUT2D eigenvalue weighted by Gasteiger charge is 2.24. The average molecular weight is 190 g/mol. The first-order valence-corrected chi connectivity index (χ1v) is 4.06. The fourth-order valence-corrected chi connectivity index (χ4v) is 1.33. The molecule has 0 atom stereocenters. The Balaban J connectivity index is 2.52. The van der Waals surface area contributed by atoms with Crippen molar-refractivity contribution in [2.75, 3.05) is 0 Å². The van der Waals surface area contributed by atoms with Crippen LogP contribution < -0.4 is 5.46 Å². The molecular weight excluding hydrogens is 183 g/mol. The van der Waals surface area contributed by atoms with E-state index in [1.165, 1.54) is 18.4 Å². The van der Waals surface area contributed by atoms with Gasteiger partial charge in [0.15, 0.2) is 0 Å². The normalized spacial score (nSPS) is 13.4. The zero-order chi connectivity index (χ0) is 10.1. The molecule has 1 heterocycles. The van der Waals surface area contributed by atoms with Crippen LogP contribution in [-0.4, -0.2) is 23.2 Å². The Kier molecular flexibility index (Phi) is 2.01. The molecule has 0 saturated carbocycles. The van der Waals surface area contributed by atoms with E-state index >= 15 is 0 Å². The molecule has 0 unspecified atom stereocenters. The van der Waals surface area contributed by atoms with E-state index in [1.807, 2.05) is 0 Å². The van der Waals surface area contributed by atoms with Crippen molar-refractivity contribution >= 4 is 24.6 Å². The molecule has 0 spiro atoms. The standard InChI is InChI=1S/C9H7BO4/c11-9(12)7-2-1-6-3-4-14-10(13)8(6)5-7/h1-5,13H,(H,11,12). The van der Waals surface area contributed by atoms with Crippen LogP contribution in [-0.2, 0) is 4.65 Å². The van der Waals surface area contributed by atoms with E-state index in [0.717, 1.165) is 5.56 Å². The fourth-order valence-electron chi connectivity index (χ4n) is 1.33. The van der Waals surface area contributed by atoms with Gasteiger partial charge < -0.3 is 14.8 Å². The van der Waals surface area contributed by atoms with Gasteiger partial charge in [0.1, 0.15) is 0 Å². The third-order valence-corrected chi connectivity index (χ3v) is 2.05. The van der Waals surface area contributed by atoms with Gasteiger partial charge in [0.05, 0.1) is 11.8 Å². The third-order valence-electron chi connectivity index (χ3n) is 2.05. The van der Waals surface area contributed by atoms with Crippen molar-refractivity contribution in [1.82, 2.24) is 0 Å². The topological polar surface area (TPSA) is 66.8 Å². The molecule has 0 aliphatic carbocycles. The van der Waals surface area contributed by atoms with Crippen LogP contribution in [0, 0.1) is 0 Å². The van der Waals surface area contributed by atoms with Gasteiger partial charge in [-0.2, -0.15) is 0 Å². The number of rotatable bonds is 1. The van der Waals surface area contributed by atoms with Gasteiger partial charge in [0, 0.05) is 5.46 Å². The minimum Gasteiger partial charge on any atom is -0.538 e. The van der Waals surface area contributed by atoms with Gasteiger partial charge in [-0.15, -0.1) is 0 Å². The van der Waals surface area contributed by atoms with E-state index in [1.54, 1.807) is 12.1 Å². The zero-order valence-corrected chi connectivity index (χ0v) is 7.18. The average Bonchev–Trinajstić information content (AvgIpc) is 2.18. The van der Waals surface area contributed by atoms with Gasteiger partial charge in [0.2, 0.25) is 0 Å². The summed E-state index contributed by atoms with van der Waals surface area (Å²) in [5.74, 6) is -1.02. The first kappa shape index (κ1) is 8.84. The van der Waals surface area contributed by atoms with Crippen molar-refractivity contribution in [1.29, 1.82) is 0 Å². The number of fused-ring (bicyclic) bond motifs is 1. The van der Waals surface area contributed by atoms with E-state index in [9.17, 15) is 9.82 Å². The van der Waals surface area contributed by atoms with Crippen LogP contribution in [0.4, 0.5) is 0 Å². The molecule has 0 amide bonds. The summed E-state index contributed by atoms with van der Waals surface area (Å²) >= 11 is 0. The van der Waals surface area contributed by atoms with E-state index in [0.29, 0.717) is 5.46 Å². The second kappa shape index (κ2) is 3.19. The lowest BCUT2D eigenvalue weighted by molar-refractivity contribution is 0.0697. The molecule has 5 heteroatoms. The van der Waals surface area contributed by atoms with Crippen LogP contribution in [0.15, 0.2) is 24.5 Å². The number of hydrogen-bond acceptors (Lipinski definition) is 3. The summed E-state index contributed by atoms with van der Waals surface area (Å²) in [6.45, 7) is 0. The van der Waals surface area contributed by atoms with Crippen molar-refractivity contribution < 1.29 is 19.6 Å². The summed E-state index contributed by atoms with van der Waals surface area (Å²) in [5, 5.41) is 18.1. The van der Waals surface area contributed by atoms with Crippen molar-refractivity contribution in [3.63, 3.8) is 0 Å². The molecule has 0 fully saturated rings. The molecular formula is C9H7BO4. The Morgan fingerprint density at radius 2 is 2.21 bits per heavy atom. The number of carbonyl (C=O) groups is 1. The summed E-state index contributed by atoms with van der Waals surface area (Å²) in [6.07, 6.45) is 3.06. The SMILES string of the molecule is O=C(O)c1ccc2c(c1)B(O)OC=C2. The quantitative estimate of drug-likeness (QED) is 0.615. The minimum atomic E-state index is -1.07. The van der Waals surface area contributed by atoms with Gasteiger partial charge in [-0.25, -0.2) is 4.79 Å². The van der Waals surface area contributed by atoms with Crippen LogP contribution >= 0.6 is 0 Å². The maximum Gasteiger partial charge on any atom is 0.560 e. The first-order valence-electron chi connectivity index (χ1n) is 4.06. The molecule has 2 rings (SSSR count). The van der Waals surface area contributed by atoms with Crippen LogP contribution in [0.25, 0.3) is 6.08 Å². The lowest BCUT2D eigenvalue weighted by Crippen LogP contribution is -2.36. The Bertz CT molecular complexity index is 413. The largest absolute Gasteiger partial charge is 0.560 e.